The molecule has 37 heavy (non-hydrogen) atoms. The third-order valence-corrected chi connectivity index (χ3v) is 5.70. The summed E-state index contributed by atoms with van der Waals surface area (Å²) in [5.74, 6) is -1.24. The number of alkyl halides is 3. The second-order valence-electron chi connectivity index (χ2n) is 8.06. The van der Waals surface area contributed by atoms with Gasteiger partial charge in [-0.05, 0) is 54.5 Å². The van der Waals surface area contributed by atoms with E-state index in [0.717, 1.165) is 18.4 Å². The number of pyridine rings is 1. The fourth-order valence-electron chi connectivity index (χ4n) is 3.34. The first-order chi connectivity index (χ1) is 17.3. The number of hydrogen-bond acceptors (Lipinski definition) is 5. The molecule has 0 aliphatic heterocycles. The van der Waals surface area contributed by atoms with Crippen LogP contribution in [0.5, 0.6) is 0 Å². The third-order valence-electron chi connectivity index (χ3n) is 5.11. The van der Waals surface area contributed by atoms with E-state index < -0.39 is 33.6 Å². The average Bonchev–Trinajstić information content (AvgIpc) is 2.83. The molecular formula is C25H24F4N4O3S. The molecule has 0 saturated heterocycles. The van der Waals surface area contributed by atoms with Crippen molar-refractivity contribution in [1.82, 2.24) is 10.3 Å². The second-order valence-corrected chi connectivity index (χ2v) is 9.81. The zero-order chi connectivity index (χ0) is 27.2. The van der Waals surface area contributed by atoms with Crippen molar-refractivity contribution < 1.29 is 30.8 Å². The molecule has 2 aromatic carbocycles. The van der Waals surface area contributed by atoms with Gasteiger partial charge >= 0.3 is 6.18 Å². The Kier molecular flexibility index (Phi) is 8.53. The van der Waals surface area contributed by atoms with Crippen molar-refractivity contribution in [2.24, 2.45) is 0 Å². The van der Waals surface area contributed by atoms with Gasteiger partial charge in [0.25, 0.3) is 0 Å². The Morgan fingerprint density at radius 1 is 1.08 bits per heavy atom. The number of hydrogen-bond donors (Lipinski definition) is 2. The van der Waals surface area contributed by atoms with Crippen molar-refractivity contribution in [1.29, 1.82) is 0 Å². The van der Waals surface area contributed by atoms with Crippen molar-refractivity contribution >= 4 is 39.2 Å². The monoisotopic (exact) mass is 536 g/mol. The molecule has 0 aliphatic carbocycles. The molecule has 0 saturated carbocycles. The molecule has 1 amide bonds. The predicted molar refractivity (Wildman–Crippen MR) is 134 cm³/mol. The first-order valence-electron chi connectivity index (χ1n) is 10.9. The minimum atomic E-state index is -4.63. The second kappa shape index (κ2) is 11.4. The van der Waals surface area contributed by atoms with Crippen LogP contribution >= 0.6 is 0 Å². The summed E-state index contributed by atoms with van der Waals surface area (Å²) in [5.41, 5.74) is 0.194. The van der Waals surface area contributed by atoms with Gasteiger partial charge < -0.3 is 10.2 Å². The average molecular weight is 537 g/mol. The van der Waals surface area contributed by atoms with Crippen LogP contribution in [-0.2, 0) is 27.4 Å². The predicted octanol–water partition coefficient (Wildman–Crippen LogP) is 4.75. The summed E-state index contributed by atoms with van der Waals surface area (Å²) < 4.78 is 78.4. The SMILES string of the molecule is CN(c1ccccc1)c1nc(C(F)(F)F)ccc1C=CC(=O)NCCc1ccc(NS(C)(=O)=O)c(F)c1. The van der Waals surface area contributed by atoms with Crippen LogP contribution in [0.15, 0.2) is 66.7 Å². The Morgan fingerprint density at radius 3 is 2.41 bits per heavy atom. The van der Waals surface area contributed by atoms with E-state index in [9.17, 15) is 30.8 Å². The number of carbonyl (C=O) groups is 1. The zero-order valence-corrected chi connectivity index (χ0v) is 20.7. The van der Waals surface area contributed by atoms with Gasteiger partial charge in [0.2, 0.25) is 15.9 Å². The molecule has 3 rings (SSSR count). The van der Waals surface area contributed by atoms with E-state index in [1.807, 2.05) is 0 Å². The lowest BCUT2D eigenvalue weighted by Gasteiger charge is -2.21. The quantitative estimate of drug-likeness (QED) is 0.304. The first-order valence-corrected chi connectivity index (χ1v) is 12.8. The summed E-state index contributed by atoms with van der Waals surface area (Å²) in [6.07, 6.45) is -0.925. The van der Waals surface area contributed by atoms with Crippen LogP contribution in [-0.4, -0.2) is 39.2 Å². The number of nitrogens with zero attached hydrogens (tertiary/aromatic N) is 2. The van der Waals surface area contributed by atoms with Gasteiger partial charge in [0.1, 0.15) is 17.3 Å². The molecule has 2 N–H and O–H groups in total. The lowest BCUT2D eigenvalue weighted by molar-refractivity contribution is -0.141. The van der Waals surface area contributed by atoms with Crippen LogP contribution in [0.1, 0.15) is 16.8 Å². The summed E-state index contributed by atoms with van der Waals surface area (Å²) in [6, 6.07) is 14.7. The van der Waals surface area contributed by atoms with E-state index in [2.05, 4.69) is 15.0 Å². The highest BCUT2D eigenvalue weighted by atomic mass is 32.2. The lowest BCUT2D eigenvalue weighted by atomic mass is 10.1. The Bertz CT molecular complexity index is 1390. The number of carbonyl (C=O) groups excluding carboxylic acids is 1. The van der Waals surface area contributed by atoms with E-state index in [1.54, 1.807) is 37.4 Å². The van der Waals surface area contributed by atoms with E-state index in [1.165, 1.54) is 35.3 Å². The molecule has 12 heteroatoms. The molecule has 0 atom stereocenters. The highest BCUT2D eigenvalue weighted by Gasteiger charge is 2.33. The summed E-state index contributed by atoms with van der Waals surface area (Å²) in [5, 5.41) is 2.62. The van der Waals surface area contributed by atoms with Gasteiger partial charge in [-0.25, -0.2) is 17.8 Å². The van der Waals surface area contributed by atoms with Gasteiger partial charge in [0, 0.05) is 30.9 Å². The Labute approximate surface area is 211 Å². The van der Waals surface area contributed by atoms with E-state index in [4.69, 9.17) is 0 Å². The molecule has 1 heterocycles. The normalized spacial score (nSPS) is 11.9. The maximum absolute atomic E-state index is 14.1. The molecule has 0 radical (unpaired) electrons. The van der Waals surface area contributed by atoms with Crippen molar-refractivity contribution in [3.8, 4) is 0 Å². The van der Waals surface area contributed by atoms with Crippen molar-refractivity contribution in [3.05, 3.63) is 89.4 Å². The number of amides is 1. The van der Waals surface area contributed by atoms with Crippen LogP contribution in [0, 0.1) is 5.82 Å². The molecule has 0 bridgehead atoms. The fourth-order valence-corrected chi connectivity index (χ4v) is 3.91. The molecule has 7 nitrogen and oxygen atoms in total. The molecule has 3 aromatic rings. The molecule has 196 valence electrons. The molecule has 0 unspecified atom stereocenters. The smallest absolute Gasteiger partial charge is 0.352 e. The summed E-state index contributed by atoms with van der Waals surface area (Å²) in [4.78, 5) is 17.6. The number of aromatic nitrogens is 1. The number of rotatable bonds is 9. The molecule has 1 aromatic heterocycles. The summed E-state index contributed by atoms with van der Waals surface area (Å²) >= 11 is 0. The number of halogens is 4. The highest BCUT2D eigenvalue weighted by Crippen LogP contribution is 2.33. The van der Waals surface area contributed by atoms with Crippen molar-refractivity contribution in [3.63, 3.8) is 0 Å². The van der Waals surface area contributed by atoms with Crippen LogP contribution in [0.4, 0.5) is 34.8 Å². The molecule has 0 spiro atoms. The minimum Gasteiger partial charge on any atom is -0.352 e. The van der Waals surface area contributed by atoms with E-state index >= 15 is 0 Å². The third kappa shape index (κ3) is 8.04. The van der Waals surface area contributed by atoms with Gasteiger partial charge in [-0.3, -0.25) is 9.52 Å². The largest absolute Gasteiger partial charge is 0.433 e. The van der Waals surface area contributed by atoms with Gasteiger partial charge in [-0.1, -0.05) is 24.3 Å². The molecular weight excluding hydrogens is 512 g/mol. The highest BCUT2D eigenvalue weighted by molar-refractivity contribution is 7.92. The number of nitrogens with one attached hydrogen (secondary N) is 2. The zero-order valence-electron chi connectivity index (χ0n) is 19.9. The van der Waals surface area contributed by atoms with Crippen LogP contribution in [0.25, 0.3) is 6.08 Å². The summed E-state index contributed by atoms with van der Waals surface area (Å²) in [7, 11) is -2.05. The van der Waals surface area contributed by atoms with Crippen LogP contribution < -0.4 is 14.9 Å². The number of anilines is 3. The Balaban J connectivity index is 1.69. The van der Waals surface area contributed by atoms with Gasteiger partial charge in [0.15, 0.2) is 0 Å². The minimum absolute atomic E-state index is 0.0170. The van der Waals surface area contributed by atoms with Crippen molar-refractivity contribution in [2.45, 2.75) is 12.6 Å². The Morgan fingerprint density at radius 2 is 1.78 bits per heavy atom. The maximum atomic E-state index is 14.1. The number of para-hydroxylation sites is 1. The van der Waals surface area contributed by atoms with Crippen LogP contribution in [0.2, 0.25) is 0 Å². The van der Waals surface area contributed by atoms with Gasteiger partial charge in [-0.15, -0.1) is 0 Å². The standard InChI is InChI=1S/C25H24F4N4O3S/c1-33(19-6-4-3-5-7-19)24-18(9-12-22(31-24)25(27,28)29)10-13-23(34)30-15-14-17-8-11-21(20(26)16-17)32-37(2,35)36/h3-13,16,32H,14-15H2,1-2H3,(H,30,34). The lowest BCUT2D eigenvalue weighted by Crippen LogP contribution is -2.23. The fraction of sp³-hybridized carbons (Fsp3) is 0.200. The molecule has 0 fully saturated rings. The first kappa shape index (κ1) is 27.7. The number of sulfonamides is 1. The summed E-state index contributed by atoms with van der Waals surface area (Å²) in [6.45, 7) is 0.142. The maximum Gasteiger partial charge on any atom is 0.433 e. The number of benzene rings is 2. The van der Waals surface area contributed by atoms with Crippen molar-refractivity contribution in [2.75, 3.05) is 29.5 Å². The van der Waals surface area contributed by atoms with Gasteiger partial charge in [-0.2, -0.15) is 13.2 Å². The van der Waals surface area contributed by atoms with Crippen LogP contribution in [0.3, 0.4) is 0 Å². The van der Waals surface area contributed by atoms with E-state index in [0.29, 0.717) is 16.8 Å². The van der Waals surface area contributed by atoms with E-state index in [-0.39, 0.29) is 24.5 Å². The molecule has 0 aliphatic rings. The topological polar surface area (TPSA) is 91.4 Å². The Hall–Kier alpha value is -3.93. The van der Waals surface area contributed by atoms with Gasteiger partial charge in [0.05, 0.1) is 11.9 Å².